The lowest BCUT2D eigenvalue weighted by Gasteiger charge is -2.22. The van der Waals surface area contributed by atoms with Crippen molar-refractivity contribution in [1.82, 2.24) is 0 Å². The van der Waals surface area contributed by atoms with Crippen LogP contribution in [-0.4, -0.2) is 6.10 Å². The van der Waals surface area contributed by atoms with Crippen LogP contribution in [0.5, 0.6) is 5.75 Å². The van der Waals surface area contributed by atoms with Crippen molar-refractivity contribution in [2.45, 2.75) is 66.5 Å². The normalized spacial score (nSPS) is 12.9. The predicted octanol–water partition coefficient (Wildman–Crippen LogP) is 4.20. The fraction of sp³-hybridized carbons (Fsp3) is 0.625. The average molecular weight is 249 g/mol. The Balaban J connectivity index is 3.20. The molecule has 0 fully saturated rings. The smallest absolute Gasteiger partial charge is 0.123 e. The Hall–Kier alpha value is -1.02. The molecule has 0 saturated heterocycles. The van der Waals surface area contributed by atoms with E-state index in [1.54, 1.807) is 0 Å². The van der Waals surface area contributed by atoms with Crippen molar-refractivity contribution < 1.29 is 4.74 Å². The summed E-state index contributed by atoms with van der Waals surface area (Å²) in [6, 6.07) is 2.27. The highest BCUT2D eigenvalue weighted by Gasteiger charge is 2.16. The molecule has 0 aromatic heterocycles. The number of benzene rings is 1. The Morgan fingerprint density at radius 3 is 2.28 bits per heavy atom. The van der Waals surface area contributed by atoms with Crippen LogP contribution in [0.4, 0.5) is 0 Å². The van der Waals surface area contributed by atoms with Gasteiger partial charge in [0.25, 0.3) is 0 Å². The molecule has 0 bridgehead atoms. The molecule has 2 nitrogen and oxygen atoms in total. The van der Waals surface area contributed by atoms with Gasteiger partial charge in [-0.25, -0.2) is 0 Å². The lowest BCUT2D eigenvalue weighted by molar-refractivity contribution is 0.240. The van der Waals surface area contributed by atoms with Crippen LogP contribution in [0, 0.1) is 20.8 Å². The molecule has 1 aromatic carbocycles. The van der Waals surface area contributed by atoms with Crippen LogP contribution in [0.15, 0.2) is 6.07 Å². The molecule has 0 saturated carbocycles. The summed E-state index contributed by atoms with van der Waals surface area (Å²) < 4.78 is 5.86. The summed E-state index contributed by atoms with van der Waals surface area (Å²) in [7, 11) is 0. The minimum absolute atomic E-state index is 0.141. The van der Waals surface area contributed by atoms with Crippen molar-refractivity contribution in [3.05, 3.63) is 28.3 Å². The van der Waals surface area contributed by atoms with Gasteiger partial charge in [-0.05, 0) is 69.4 Å². The molecule has 1 aromatic rings. The Kier molecular flexibility index (Phi) is 5.21. The number of ether oxygens (including phenoxy) is 1. The Morgan fingerprint density at radius 1 is 1.17 bits per heavy atom. The Morgan fingerprint density at radius 2 is 1.78 bits per heavy atom. The zero-order chi connectivity index (χ0) is 13.9. The number of hydrogen-bond acceptors (Lipinski definition) is 2. The molecule has 0 aliphatic rings. The summed E-state index contributed by atoms with van der Waals surface area (Å²) in [6.07, 6.45) is 2.35. The van der Waals surface area contributed by atoms with Gasteiger partial charge in [0.05, 0.1) is 6.10 Å². The van der Waals surface area contributed by atoms with E-state index in [9.17, 15) is 0 Å². The number of hydrogen-bond donors (Lipinski definition) is 1. The third kappa shape index (κ3) is 3.26. The summed E-state index contributed by atoms with van der Waals surface area (Å²) in [5.41, 5.74) is 11.3. The molecule has 0 aliphatic heterocycles. The summed E-state index contributed by atoms with van der Waals surface area (Å²) in [6.45, 7) is 12.7. The molecule has 2 heteroatoms. The SMILES string of the molecule is CCCC(N)c1c(C)cc(OC(C)C)c(C)c1C. The molecule has 0 aliphatic carbocycles. The van der Waals surface area contributed by atoms with Crippen molar-refractivity contribution in [2.24, 2.45) is 5.73 Å². The van der Waals surface area contributed by atoms with Gasteiger partial charge < -0.3 is 10.5 Å². The lowest BCUT2D eigenvalue weighted by atomic mass is 9.90. The standard InChI is InChI=1S/C16H27NO/c1-7-8-14(17)16-11(4)9-15(18-10(2)3)12(5)13(16)6/h9-10,14H,7-8,17H2,1-6H3. The topological polar surface area (TPSA) is 35.2 Å². The summed E-state index contributed by atoms with van der Waals surface area (Å²) in [5.74, 6) is 0.993. The van der Waals surface area contributed by atoms with Crippen LogP contribution in [0.1, 0.15) is 61.9 Å². The molecule has 102 valence electrons. The van der Waals surface area contributed by atoms with Gasteiger partial charge in [-0.1, -0.05) is 13.3 Å². The van der Waals surface area contributed by atoms with Crippen LogP contribution < -0.4 is 10.5 Å². The largest absolute Gasteiger partial charge is 0.491 e. The predicted molar refractivity (Wildman–Crippen MR) is 78.3 cm³/mol. The zero-order valence-electron chi connectivity index (χ0n) is 12.6. The molecule has 0 heterocycles. The van der Waals surface area contributed by atoms with Gasteiger partial charge >= 0.3 is 0 Å². The van der Waals surface area contributed by atoms with Crippen LogP contribution in [0.25, 0.3) is 0 Å². The Bertz CT molecular complexity index is 410. The molecule has 1 rings (SSSR count). The quantitative estimate of drug-likeness (QED) is 0.849. The second-order valence-corrected chi connectivity index (χ2v) is 5.42. The van der Waals surface area contributed by atoms with Crippen molar-refractivity contribution in [3.63, 3.8) is 0 Å². The van der Waals surface area contributed by atoms with Gasteiger partial charge in [-0.2, -0.15) is 0 Å². The summed E-state index contributed by atoms with van der Waals surface area (Å²) in [5, 5.41) is 0. The fourth-order valence-corrected chi connectivity index (χ4v) is 2.47. The highest BCUT2D eigenvalue weighted by Crippen LogP contribution is 2.32. The van der Waals surface area contributed by atoms with Crippen molar-refractivity contribution in [3.8, 4) is 5.75 Å². The van der Waals surface area contributed by atoms with Gasteiger partial charge in [-0.15, -0.1) is 0 Å². The maximum absolute atomic E-state index is 6.29. The van der Waals surface area contributed by atoms with Crippen LogP contribution >= 0.6 is 0 Å². The number of rotatable bonds is 5. The second kappa shape index (κ2) is 6.24. The van der Waals surface area contributed by atoms with Gasteiger partial charge in [0.1, 0.15) is 5.75 Å². The van der Waals surface area contributed by atoms with Crippen LogP contribution in [-0.2, 0) is 0 Å². The molecule has 2 N–H and O–H groups in total. The first-order chi connectivity index (χ1) is 8.38. The monoisotopic (exact) mass is 249 g/mol. The van der Waals surface area contributed by atoms with E-state index in [1.807, 2.05) is 0 Å². The van der Waals surface area contributed by atoms with Crippen molar-refractivity contribution >= 4 is 0 Å². The van der Waals surface area contributed by atoms with E-state index < -0.39 is 0 Å². The fourth-order valence-electron chi connectivity index (χ4n) is 2.47. The van der Waals surface area contributed by atoms with E-state index in [0.29, 0.717) is 0 Å². The first kappa shape index (κ1) is 15.0. The second-order valence-electron chi connectivity index (χ2n) is 5.42. The van der Waals surface area contributed by atoms with E-state index in [0.717, 1.165) is 18.6 Å². The molecular formula is C16H27NO. The van der Waals surface area contributed by atoms with E-state index in [-0.39, 0.29) is 12.1 Å². The third-order valence-electron chi connectivity index (χ3n) is 3.44. The van der Waals surface area contributed by atoms with Gasteiger partial charge in [-0.3, -0.25) is 0 Å². The first-order valence-corrected chi connectivity index (χ1v) is 6.91. The Labute approximate surface area is 112 Å². The molecule has 1 unspecified atom stereocenters. The molecule has 0 radical (unpaired) electrons. The van der Waals surface area contributed by atoms with E-state index in [4.69, 9.17) is 10.5 Å². The average Bonchev–Trinajstić information content (AvgIpc) is 2.25. The lowest BCUT2D eigenvalue weighted by Crippen LogP contribution is -2.15. The maximum atomic E-state index is 6.29. The zero-order valence-corrected chi connectivity index (χ0v) is 12.6. The summed E-state index contributed by atoms with van der Waals surface area (Å²) >= 11 is 0. The van der Waals surface area contributed by atoms with Gasteiger partial charge in [0.2, 0.25) is 0 Å². The van der Waals surface area contributed by atoms with E-state index in [2.05, 4.69) is 47.6 Å². The number of aryl methyl sites for hydroxylation is 1. The molecular weight excluding hydrogens is 222 g/mol. The van der Waals surface area contributed by atoms with Crippen LogP contribution in [0.3, 0.4) is 0 Å². The minimum atomic E-state index is 0.141. The van der Waals surface area contributed by atoms with Crippen LogP contribution in [0.2, 0.25) is 0 Å². The van der Waals surface area contributed by atoms with Gasteiger partial charge in [0.15, 0.2) is 0 Å². The maximum Gasteiger partial charge on any atom is 0.123 e. The van der Waals surface area contributed by atoms with E-state index in [1.165, 1.54) is 22.3 Å². The molecule has 0 amide bonds. The minimum Gasteiger partial charge on any atom is -0.491 e. The van der Waals surface area contributed by atoms with E-state index >= 15 is 0 Å². The first-order valence-electron chi connectivity index (χ1n) is 6.91. The molecule has 0 spiro atoms. The highest BCUT2D eigenvalue weighted by molar-refractivity contribution is 5.49. The molecule has 18 heavy (non-hydrogen) atoms. The highest BCUT2D eigenvalue weighted by atomic mass is 16.5. The number of nitrogens with two attached hydrogens (primary N) is 1. The summed E-state index contributed by atoms with van der Waals surface area (Å²) in [4.78, 5) is 0. The third-order valence-corrected chi connectivity index (χ3v) is 3.44. The van der Waals surface area contributed by atoms with Crippen molar-refractivity contribution in [2.75, 3.05) is 0 Å². The van der Waals surface area contributed by atoms with Gasteiger partial charge in [0, 0.05) is 6.04 Å². The van der Waals surface area contributed by atoms with Crippen molar-refractivity contribution in [1.29, 1.82) is 0 Å². The molecule has 1 atom stereocenters.